The van der Waals surface area contributed by atoms with Crippen molar-refractivity contribution in [1.29, 1.82) is 0 Å². The van der Waals surface area contributed by atoms with Crippen molar-refractivity contribution < 1.29 is 9.18 Å². The van der Waals surface area contributed by atoms with E-state index >= 15 is 0 Å². The van der Waals surface area contributed by atoms with Gasteiger partial charge in [-0.3, -0.25) is 4.79 Å². The zero-order chi connectivity index (χ0) is 19.8. The summed E-state index contributed by atoms with van der Waals surface area (Å²) in [6, 6.07) is 1.58. The van der Waals surface area contributed by atoms with Crippen molar-refractivity contribution in [2.24, 2.45) is 11.7 Å². The maximum atomic E-state index is 14.3. The second-order valence-electron chi connectivity index (χ2n) is 6.67. The lowest BCUT2D eigenvalue weighted by Gasteiger charge is -2.30. The van der Waals surface area contributed by atoms with Gasteiger partial charge < -0.3 is 21.7 Å². The number of carbonyl (C=O) groups is 1. The van der Waals surface area contributed by atoms with E-state index in [9.17, 15) is 9.18 Å². The molecule has 9 nitrogen and oxygen atoms in total. The molecule has 4 heterocycles. The van der Waals surface area contributed by atoms with Crippen molar-refractivity contribution in [1.82, 2.24) is 19.9 Å². The number of aromatic nitrogens is 4. The molecule has 0 bridgehead atoms. The van der Waals surface area contributed by atoms with Gasteiger partial charge in [0.25, 0.3) is 0 Å². The Morgan fingerprint density at radius 3 is 2.96 bits per heavy atom. The van der Waals surface area contributed by atoms with Gasteiger partial charge in [0.05, 0.1) is 12.1 Å². The number of hydrogen-bond acceptors (Lipinski definition) is 9. The summed E-state index contributed by atoms with van der Waals surface area (Å²) in [5.41, 5.74) is 11.4. The van der Waals surface area contributed by atoms with E-state index in [4.69, 9.17) is 11.5 Å². The first-order valence-corrected chi connectivity index (χ1v) is 9.60. The van der Waals surface area contributed by atoms with Gasteiger partial charge in [0.1, 0.15) is 27.7 Å². The third kappa shape index (κ3) is 3.52. The van der Waals surface area contributed by atoms with Gasteiger partial charge in [-0.05, 0) is 19.8 Å². The van der Waals surface area contributed by atoms with Gasteiger partial charge in [-0.15, -0.1) is 0 Å². The summed E-state index contributed by atoms with van der Waals surface area (Å²) in [6.45, 7) is 2.95. The SMILES string of the molecule is Cc1nc(N)cc(Nc2ncc(F)c3nc(N4CCCC(C(N)=O)C4)sc23)n1. The zero-order valence-electron chi connectivity index (χ0n) is 15.1. The Balaban J connectivity index is 1.69. The van der Waals surface area contributed by atoms with Crippen LogP contribution in [0.2, 0.25) is 0 Å². The molecule has 3 aromatic rings. The van der Waals surface area contributed by atoms with Gasteiger partial charge in [0.2, 0.25) is 5.91 Å². The number of anilines is 4. The highest BCUT2D eigenvalue weighted by Gasteiger charge is 2.27. The van der Waals surface area contributed by atoms with Crippen LogP contribution in [-0.2, 0) is 4.79 Å². The Kier molecular flexibility index (Phi) is 4.67. The summed E-state index contributed by atoms with van der Waals surface area (Å²) in [5.74, 6) is 0.671. The van der Waals surface area contributed by atoms with Crippen LogP contribution < -0.4 is 21.7 Å². The normalized spacial score (nSPS) is 17.1. The Morgan fingerprint density at radius 1 is 1.39 bits per heavy atom. The molecule has 1 aliphatic rings. The van der Waals surface area contributed by atoms with Crippen LogP contribution in [0.4, 0.5) is 27.0 Å². The highest BCUT2D eigenvalue weighted by molar-refractivity contribution is 7.22. The number of piperidine rings is 1. The molecule has 1 unspecified atom stereocenters. The highest BCUT2D eigenvalue weighted by atomic mass is 32.1. The number of nitrogens with two attached hydrogens (primary N) is 2. The summed E-state index contributed by atoms with van der Waals surface area (Å²) < 4.78 is 14.9. The van der Waals surface area contributed by atoms with E-state index in [2.05, 4.69) is 25.3 Å². The van der Waals surface area contributed by atoms with Crippen LogP contribution in [0.25, 0.3) is 10.2 Å². The fourth-order valence-electron chi connectivity index (χ4n) is 3.26. The third-order valence-corrected chi connectivity index (χ3v) is 5.69. The molecule has 4 rings (SSSR count). The quantitative estimate of drug-likeness (QED) is 0.602. The van der Waals surface area contributed by atoms with E-state index < -0.39 is 5.82 Å². The molecule has 0 aliphatic carbocycles. The predicted octanol–water partition coefficient (Wildman–Crippen LogP) is 1.96. The van der Waals surface area contributed by atoms with Crippen molar-refractivity contribution in [2.75, 3.05) is 29.0 Å². The van der Waals surface area contributed by atoms with Crippen LogP contribution in [0.3, 0.4) is 0 Å². The Hall–Kier alpha value is -3.08. The van der Waals surface area contributed by atoms with Gasteiger partial charge in [0.15, 0.2) is 16.8 Å². The van der Waals surface area contributed by atoms with E-state index in [-0.39, 0.29) is 17.3 Å². The van der Waals surface area contributed by atoms with Crippen LogP contribution in [0.15, 0.2) is 12.3 Å². The first kappa shape index (κ1) is 18.3. The molecule has 11 heteroatoms. The molecule has 28 heavy (non-hydrogen) atoms. The minimum Gasteiger partial charge on any atom is -0.384 e. The molecule has 5 N–H and O–H groups in total. The van der Waals surface area contributed by atoms with Crippen molar-refractivity contribution in [3.05, 3.63) is 23.9 Å². The summed E-state index contributed by atoms with van der Waals surface area (Å²) in [6.07, 6.45) is 2.71. The van der Waals surface area contributed by atoms with Crippen LogP contribution in [0.5, 0.6) is 0 Å². The number of aryl methyl sites for hydroxylation is 1. The number of fused-ring (bicyclic) bond motifs is 1. The average molecular weight is 402 g/mol. The van der Waals surface area contributed by atoms with Gasteiger partial charge in [-0.1, -0.05) is 11.3 Å². The number of thiazole rings is 1. The monoisotopic (exact) mass is 402 g/mol. The second-order valence-corrected chi connectivity index (χ2v) is 7.64. The van der Waals surface area contributed by atoms with Crippen molar-refractivity contribution >= 4 is 50.0 Å². The van der Waals surface area contributed by atoms with Crippen molar-refractivity contribution in [3.63, 3.8) is 0 Å². The van der Waals surface area contributed by atoms with Crippen LogP contribution >= 0.6 is 11.3 Å². The van der Waals surface area contributed by atoms with Gasteiger partial charge in [-0.25, -0.2) is 24.3 Å². The first-order chi connectivity index (χ1) is 13.4. The maximum Gasteiger partial charge on any atom is 0.222 e. The van der Waals surface area contributed by atoms with Crippen LogP contribution in [0.1, 0.15) is 18.7 Å². The van der Waals surface area contributed by atoms with E-state index in [1.54, 1.807) is 13.0 Å². The Labute approximate surface area is 164 Å². The Morgan fingerprint density at radius 2 is 2.21 bits per heavy atom. The number of hydrogen-bond donors (Lipinski definition) is 3. The lowest BCUT2D eigenvalue weighted by atomic mass is 9.98. The number of halogens is 1. The largest absolute Gasteiger partial charge is 0.384 e. The van der Waals surface area contributed by atoms with Gasteiger partial charge >= 0.3 is 0 Å². The van der Waals surface area contributed by atoms with Crippen LogP contribution in [-0.4, -0.2) is 38.9 Å². The molecule has 0 spiro atoms. The van der Waals surface area contributed by atoms with E-state index in [0.29, 0.717) is 39.7 Å². The molecular formula is C17H19FN8OS. The molecule has 0 saturated carbocycles. The highest BCUT2D eigenvalue weighted by Crippen LogP contribution is 2.36. The minimum absolute atomic E-state index is 0.220. The smallest absolute Gasteiger partial charge is 0.222 e. The maximum absolute atomic E-state index is 14.3. The first-order valence-electron chi connectivity index (χ1n) is 8.78. The number of carbonyl (C=O) groups excluding carboxylic acids is 1. The molecule has 146 valence electrons. The van der Waals surface area contributed by atoms with Gasteiger partial charge in [0, 0.05) is 19.2 Å². The van der Waals surface area contributed by atoms with Crippen LogP contribution in [0, 0.1) is 18.7 Å². The van der Waals surface area contributed by atoms with Gasteiger partial charge in [-0.2, -0.15) is 0 Å². The standard InChI is InChI=1S/C17H19FN8OS/c1-8-22-11(19)5-12(23-8)24-16-14-13(10(18)6-21-16)25-17(28-14)26-4-2-3-9(7-26)15(20)27/h5-6,9H,2-4,7H2,1H3,(H2,20,27)(H3,19,21,22,23,24). The molecule has 3 aromatic heterocycles. The fourth-order valence-corrected chi connectivity index (χ4v) is 4.31. The number of nitrogens with zero attached hydrogens (tertiary/aromatic N) is 5. The molecule has 1 saturated heterocycles. The Bertz CT molecular complexity index is 1030. The molecule has 1 aliphatic heterocycles. The van der Waals surface area contributed by atoms with E-state index in [1.165, 1.54) is 11.3 Å². The fraction of sp³-hybridized carbons (Fsp3) is 0.353. The number of nitrogens with one attached hydrogen (secondary N) is 1. The molecule has 1 atom stereocenters. The number of pyridine rings is 1. The van der Waals surface area contributed by atoms with E-state index in [0.717, 1.165) is 25.6 Å². The second kappa shape index (κ2) is 7.15. The third-order valence-electron chi connectivity index (χ3n) is 4.56. The summed E-state index contributed by atoms with van der Waals surface area (Å²) in [4.78, 5) is 30.4. The molecule has 1 amide bonds. The molecule has 0 aromatic carbocycles. The minimum atomic E-state index is -0.509. The average Bonchev–Trinajstić information content (AvgIpc) is 3.10. The number of amides is 1. The molecule has 1 fully saturated rings. The van der Waals surface area contributed by atoms with E-state index in [1.807, 2.05) is 4.90 Å². The number of rotatable bonds is 4. The predicted molar refractivity (Wildman–Crippen MR) is 106 cm³/mol. The lowest BCUT2D eigenvalue weighted by Crippen LogP contribution is -2.41. The van der Waals surface area contributed by atoms with Crippen molar-refractivity contribution in [3.8, 4) is 0 Å². The summed E-state index contributed by atoms with van der Waals surface area (Å²) in [5, 5.41) is 3.70. The molecule has 0 radical (unpaired) electrons. The number of nitrogen functional groups attached to an aromatic ring is 1. The summed E-state index contributed by atoms with van der Waals surface area (Å²) in [7, 11) is 0. The number of primary amides is 1. The zero-order valence-corrected chi connectivity index (χ0v) is 16.0. The topological polar surface area (TPSA) is 136 Å². The van der Waals surface area contributed by atoms with Crippen molar-refractivity contribution in [2.45, 2.75) is 19.8 Å². The summed E-state index contributed by atoms with van der Waals surface area (Å²) >= 11 is 1.31. The molecular weight excluding hydrogens is 383 g/mol. The lowest BCUT2D eigenvalue weighted by molar-refractivity contribution is -0.122.